The highest BCUT2D eigenvalue weighted by atomic mass is 16.6. The van der Waals surface area contributed by atoms with Gasteiger partial charge in [-0.25, -0.2) is 4.79 Å². The molecule has 0 spiro atoms. The summed E-state index contributed by atoms with van der Waals surface area (Å²) < 4.78 is 4.98. The summed E-state index contributed by atoms with van der Waals surface area (Å²) in [7, 11) is 0. The predicted molar refractivity (Wildman–Crippen MR) is 79.3 cm³/mol. The number of nitrogens with one attached hydrogen (secondary N) is 2. The van der Waals surface area contributed by atoms with Gasteiger partial charge in [-0.3, -0.25) is 4.90 Å². The first-order chi connectivity index (χ1) is 9.83. The number of ether oxygens (including phenoxy) is 1. The highest BCUT2D eigenvalue weighted by Crippen LogP contribution is 2.23. The largest absolute Gasteiger partial charge is 0.447 e. The lowest BCUT2D eigenvalue weighted by Gasteiger charge is -2.19. The second-order valence-corrected chi connectivity index (χ2v) is 5.34. The van der Waals surface area contributed by atoms with Crippen LogP contribution in [0.4, 0.5) is 16.2 Å². The molecule has 1 aromatic carbocycles. The summed E-state index contributed by atoms with van der Waals surface area (Å²) in [5, 5.41) is 7.00. The number of carbonyl (C=O) groups excluding carboxylic acids is 1. The van der Waals surface area contributed by atoms with Crippen molar-refractivity contribution in [3.8, 4) is 0 Å². The van der Waals surface area contributed by atoms with Gasteiger partial charge in [-0.2, -0.15) is 0 Å². The van der Waals surface area contributed by atoms with Crippen molar-refractivity contribution in [2.45, 2.75) is 25.3 Å². The maximum absolute atomic E-state index is 11.6. The van der Waals surface area contributed by atoms with E-state index in [4.69, 9.17) is 4.74 Å². The molecule has 2 aliphatic rings. The Hall–Kier alpha value is -1.75. The molecular weight excluding hydrogens is 254 g/mol. The van der Waals surface area contributed by atoms with Gasteiger partial charge >= 0.3 is 6.09 Å². The molecule has 1 unspecified atom stereocenters. The van der Waals surface area contributed by atoms with Gasteiger partial charge in [0.05, 0.1) is 6.54 Å². The van der Waals surface area contributed by atoms with E-state index in [9.17, 15) is 4.79 Å². The Kier molecular flexibility index (Phi) is 4.06. The average Bonchev–Trinajstić information content (AvgIpc) is 2.72. The smallest absolute Gasteiger partial charge is 0.414 e. The van der Waals surface area contributed by atoms with Crippen molar-refractivity contribution in [2.24, 2.45) is 0 Å². The molecule has 5 nitrogen and oxygen atoms in total. The predicted octanol–water partition coefficient (Wildman–Crippen LogP) is 2.20. The highest BCUT2D eigenvalue weighted by Gasteiger charge is 2.23. The maximum atomic E-state index is 11.6. The zero-order valence-electron chi connectivity index (χ0n) is 11.6. The zero-order valence-corrected chi connectivity index (χ0v) is 11.6. The number of carbonyl (C=O) groups is 1. The second-order valence-electron chi connectivity index (χ2n) is 5.34. The normalized spacial score (nSPS) is 23.3. The monoisotopic (exact) mass is 275 g/mol. The Morgan fingerprint density at radius 2 is 2.25 bits per heavy atom. The lowest BCUT2D eigenvalue weighted by molar-refractivity contribution is 0.181. The number of benzene rings is 1. The van der Waals surface area contributed by atoms with Crippen molar-refractivity contribution in [1.29, 1.82) is 0 Å². The first-order valence-corrected chi connectivity index (χ1v) is 7.34. The molecule has 108 valence electrons. The molecule has 20 heavy (non-hydrogen) atoms. The molecular formula is C15H21N3O2. The van der Waals surface area contributed by atoms with E-state index >= 15 is 0 Å². The summed E-state index contributed by atoms with van der Waals surface area (Å²) in [4.78, 5) is 13.3. The lowest BCUT2D eigenvalue weighted by Crippen LogP contribution is -2.24. The second kappa shape index (κ2) is 6.13. The van der Waals surface area contributed by atoms with E-state index in [1.807, 2.05) is 18.2 Å². The average molecular weight is 275 g/mol. The highest BCUT2D eigenvalue weighted by molar-refractivity contribution is 5.89. The summed E-state index contributed by atoms with van der Waals surface area (Å²) in [5.74, 6) is 0. The summed E-state index contributed by atoms with van der Waals surface area (Å²) in [6, 6.07) is 8.53. The fourth-order valence-corrected chi connectivity index (χ4v) is 2.79. The van der Waals surface area contributed by atoms with Crippen LogP contribution in [0.3, 0.4) is 0 Å². The Morgan fingerprint density at radius 3 is 3.10 bits per heavy atom. The third-order valence-corrected chi connectivity index (χ3v) is 3.87. The van der Waals surface area contributed by atoms with Crippen molar-refractivity contribution in [2.75, 3.05) is 36.5 Å². The van der Waals surface area contributed by atoms with Gasteiger partial charge in [0, 0.05) is 17.4 Å². The van der Waals surface area contributed by atoms with Gasteiger partial charge < -0.3 is 15.4 Å². The van der Waals surface area contributed by atoms with Crippen LogP contribution >= 0.6 is 0 Å². The fourth-order valence-electron chi connectivity index (χ4n) is 2.79. The Morgan fingerprint density at radius 1 is 1.30 bits per heavy atom. The van der Waals surface area contributed by atoms with E-state index in [0.29, 0.717) is 19.2 Å². The molecule has 0 radical (unpaired) electrons. The van der Waals surface area contributed by atoms with Crippen LogP contribution in [0.25, 0.3) is 0 Å². The number of amides is 1. The van der Waals surface area contributed by atoms with Crippen molar-refractivity contribution in [1.82, 2.24) is 5.32 Å². The third-order valence-electron chi connectivity index (χ3n) is 3.87. The standard InChI is InChI=1S/C15H21N3O2/c19-15-18(9-10-20-15)14-5-1-3-13(11-14)17-12-4-2-7-16-8-6-12/h1,3,5,11-12,16-17H,2,4,6-10H2. The number of cyclic esters (lactones) is 1. The molecule has 1 amide bonds. The van der Waals surface area contributed by atoms with Crippen LogP contribution in [0.5, 0.6) is 0 Å². The summed E-state index contributed by atoms with van der Waals surface area (Å²) in [6.45, 7) is 3.29. The molecule has 2 fully saturated rings. The maximum Gasteiger partial charge on any atom is 0.414 e. The zero-order chi connectivity index (χ0) is 13.8. The van der Waals surface area contributed by atoms with Gasteiger partial charge in [0.1, 0.15) is 6.61 Å². The molecule has 2 N–H and O–H groups in total. The van der Waals surface area contributed by atoms with Crippen LogP contribution in [0, 0.1) is 0 Å². The van der Waals surface area contributed by atoms with E-state index < -0.39 is 0 Å². The van der Waals surface area contributed by atoms with Gasteiger partial charge in [-0.1, -0.05) is 6.07 Å². The first-order valence-electron chi connectivity index (χ1n) is 7.34. The van der Waals surface area contributed by atoms with E-state index in [0.717, 1.165) is 30.9 Å². The molecule has 0 bridgehead atoms. The molecule has 1 aromatic rings. The van der Waals surface area contributed by atoms with Crippen LogP contribution in [0.1, 0.15) is 19.3 Å². The van der Waals surface area contributed by atoms with Crippen molar-refractivity contribution >= 4 is 17.5 Å². The van der Waals surface area contributed by atoms with E-state index in [-0.39, 0.29) is 6.09 Å². The molecule has 2 aliphatic heterocycles. The Bertz CT molecular complexity index is 470. The minimum atomic E-state index is -0.249. The van der Waals surface area contributed by atoms with E-state index in [1.54, 1.807) is 4.90 Å². The van der Waals surface area contributed by atoms with Gasteiger partial charge in [0.2, 0.25) is 0 Å². The summed E-state index contributed by atoms with van der Waals surface area (Å²) >= 11 is 0. The number of anilines is 2. The molecule has 0 aromatic heterocycles. The molecule has 0 aliphatic carbocycles. The van der Waals surface area contributed by atoms with Crippen molar-refractivity contribution < 1.29 is 9.53 Å². The molecule has 3 rings (SSSR count). The minimum absolute atomic E-state index is 0.249. The van der Waals surface area contributed by atoms with Gasteiger partial charge in [-0.15, -0.1) is 0 Å². The van der Waals surface area contributed by atoms with Crippen molar-refractivity contribution in [3.63, 3.8) is 0 Å². The third kappa shape index (κ3) is 3.04. The summed E-state index contributed by atoms with van der Waals surface area (Å²) in [5.41, 5.74) is 1.98. The van der Waals surface area contributed by atoms with Crippen LogP contribution in [-0.2, 0) is 4.74 Å². The molecule has 1 atom stereocenters. The number of nitrogens with zero attached hydrogens (tertiary/aromatic N) is 1. The number of hydrogen-bond donors (Lipinski definition) is 2. The number of rotatable bonds is 3. The summed E-state index contributed by atoms with van der Waals surface area (Å²) in [6.07, 6.45) is 3.27. The lowest BCUT2D eigenvalue weighted by atomic mass is 10.1. The van der Waals surface area contributed by atoms with Gasteiger partial charge in [0.15, 0.2) is 0 Å². The topological polar surface area (TPSA) is 53.6 Å². The van der Waals surface area contributed by atoms with E-state index in [2.05, 4.69) is 16.7 Å². The molecule has 0 saturated carbocycles. The fraction of sp³-hybridized carbons (Fsp3) is 0.533. The quantitative estimate of drug-likeness (QED) is 0.888. The van der Waals surface area contributed by atoms with E-state index in [1.165, 1.54) is 12.8 Å². The first kappa shape index (κ1) is 13.2. The van der Waals surface area contributed by atoms with Gasteiger partial charge in [-0.05, 0) is 50.6 Å². The molecule has 2 saturated heterocycles. The Balaban J connectivity index is 1.69. The van der Waals surface area contributed by atoms with Crippen LogP contribution < -0.4 is 15.5 Å². The van der Waals surface area contributed by atoms with Crippen LogP contribution in [0.2, 0.25) is 0 Å². The van der Waals surface area contributed by atoms with Crippen molar-refractivity contribution in [3.05, 3.63) is 24.3 Å². The van der Waals surface area contributed by atoms with Crippen LogP contribution in [-0.4, -0.2) is 38.4 Å². The van der Waals surface area contributed by atoms with Gasteiger partial charge in [0.25, 0.3) is 0 Å². The SMILES string of the molecule is O=C1OCCN1c1cccc(NC2CCCNCC2)c1. The minimum Gasteiger partial charge on any atom is -0.447 e. The van der Waals surface area contributed by atoms with Crippen LogP contribution in [0.15, 0.2) is 24.3 Å². The number of hydrogen-bond acceptors (Lipinski definition) is 4. The molecule has 5 heteroatoms. The molecule has 2 heterocycles. The Labute approximate surface area is 119 Å².